The lowest BCUT2D eigenvalue weighted by atomic mass is 10.2. The topological polar surface area (TPSA) is 119 Å². The number of benzene rings is 1. The van der Waals surface area contributed by atoms with Gasteiger partial charge in [-0.1, -0.05) is 0 Å². The highest BCUT2D eigenvalue weighted by atomic mass is 19.1. The van der Waals surface area contributed by atoms with E-state index < -0.39 is 29.9 Å². The first-order valence-corrected chi connectivity index (χ1v) is 7.19. The number of rotatable bonds is 4. The Kier molecular flexibility index (Phi) is 4.21. The van der Waals surface area contributed by atoms with Gasteiger partial charge in [0.05, 0.1) is 0 Å². The van der Waals surface area contributed by atoms with Crippen LogP contribution < -0.4 is 5.32 Å². The summed E-state index contributed by atoms with van der Waals surface area (Å²) < 4.78 is 20.4. The molecule has 9 nitrogen and oxygen atoms in total. The van der Waals surface area contributed by atoms with Gasteiger partial charge in [-0.25, -0.2) is 9.18 Å². The van der Waals surface area contributed by atoms with Crippen LogP contribution >= 0.6 is 0 Å². The van der Waals surface area contributed by atoms with Crippen LogP contribution in [0.15, 0.2) is 18.2 Å². The third kappa shape index (κ3) is 3.08. The lowest BCUT2D eigenvalue weighted by Gasteiger charge is -2.13. The fourth-order valence-electron chi connectivity index (χ4n) is 2.44. The fraction of sp³-hybridized carbons (Fsp3) is 0.357. The molecule has 2 N–H and O–H groups in total. The summed E-state index contributed by atoms with van der Waals surface area (Å²) >= 11 is 0. The Morgan fingerprint density at radius 1 is 1.38 bits per heavy atom. The molecule has 1 fully saturated rings. The number of aliphatic carboxylic acids is 1. The Labute approximate surface area is 135 Å². The molecule has 1 amide bonds. The second-order valence-electron chi connectivity index (χ2n) is 5.32. The molecule has 0 spiro atoms. The van der Waals surface area contributed by atoms with E-state index in [-0.39, 0.29) is 12.1 Å². The molecule has 0 unspecified atom stereocenters. The van der Waals surface area contributed by atoms with Gasteiger partial charge in [-0.2, -0.15) is 4.68 Å². The summed E-state index contributed by atoms with van der Waals surface area (Å²) in [7, 11) is 0. The molecule has 0 bridgehead atoms. The molecule has 1 aromatic carbocycles. The van der Waals surface area contributed by atoms with E-state index in [1.54, 1.807) is 6.92 Å². The predicted octanol–water partition coefficient (Wildman–Crippen LogP) is 0.681. The molecule has 10 heteroatoms. The predicted molar refractivity (Wildman–Crippen MR) is 78.0 cm³/mol. The molecule has 24 heavy (non-hydrogen) atoms. The minimum atomic E-state index is -1.09. The summed E-state index contributed by atoms with van der Waals surface area (Å²) in [5.74, 6) is -1.74. The van der Waals surface area contributed by atoms with Gasteiger partial charge in [0, 0.05) is 5.69 Å². The largest absolute Gasteiger partial charge is 0.479 e. The lowest BCUT2D eigenvalue weighted by Crippen LogP contribution is -2.30. The highest BCUT2D eigenvalue weighted by Crippen LogP contribution is 2.23. The number of anilines is 1. The Morgan fingerprint density at radius 3 is 2.75 bits per heavy atom. The molecule has 2 heterocycles. The molecule has 2 atom stereocenters. The first-order valence-electron chi connectivity index (χ1n) is 7.19. The van der Waals surface area contributed by atoms with Crippen LogP contribution in [-0.2, 0) is 14.3 Å². The first-order chi connectivity index (χ1) is 11.5. The number of carboxylic acids is 1. The number of halogens is 1. The van der Waals surface area contributed by atoms with Crippen LogP contribution in [0.5, 0.6) is 0 Å². The maximum Gasteiger partial charge on any atom is 0.332 e. The number of hydrogen-bond acceptors (Lipinski definition) is 6. The molecule has 0 radical (unpaired) electrons. The van der Waals surface area contributed by atoms with E-state index in [1.165, 1.54) is 22.9 Å². The molecule has 0 aliphatic carbocycles. The van der Waals surface area contributed by atoms with Gasteiger partial charge in [0.15, 0.2) is 11.9 Å². The van der Waals surface area contributed by atoms with Crippen molar-refractivity contribution in [1.82, 2.24) is 20.2 Å². The summed E-state index contributed by atoms with van der Waals surface area (Å²) in [5.41, 5.74) is 0.416. The summed E-state index contributed by atoms with van der Waals surface area (Å²) in [5, 5.41) is 22.3. The van der Waals surface area contributed by atoms with Crippen molar-refractivity contribution in [2.24, 2.45) is 0 Å². The number of carbonyl (C=O) groups excluding carboxylic acids is 1. The van der Waals surface area contributed by atoms with Gasteiger partial charge in [-0.3, -0.25) is 4.79 Å². The van der Waals surface area contributed by atoms with Gasteiger partial charge in [-0.15, -0.1) is 5.10 Å². The minimum Gasteiger partial charge on any atom is -0.479 e. The number of hydrogen-bond donors (Lipinski definition) is 2. The highest BCUT2D eigenvalue weighted by molar-refractivity contribution is 5.95. The van der Waals surface area contributed by atoms with E-state index in [0.717, 1.165) is 0 Å². The first kappa shape index (κ1) is 16.0. The maximum absolute atomic E-state index is 14.0. The molecule has 126 valence electrons. The molecule has 2 aromatic rings. The summed E-state index contributed by atoms with van der Waals surface area (Å²) in [6, 6.07) is 3.96. The van der Waals surface area contributed by atoms with Crippen molar-refractivity contribution in [2.75, 3.05) is 5.32 Å². The monoisotopic (exact) mass is 335 g/mol. The van der Waals surface area contributed by atoms with Crippen molar-refractivity contribution in [3.05, 3.63) is 29.8 Å². The van der Waals surface area contributed by atoms with Gasteiger partial charge >= 0.3 is 5.97 Å². The number of carbonyl (C=O) groups is 2. The third-order valence-electron chi connectivity index (χ3n) is 3.65. The molecule has 3 rings (SSSR count). The second-order valence-corrected chi connectivity index (χ2v) is 5.32. The van der Waals surface area contributed by atoms with Gasteiger partial charge in [0.25, 0.3) is 5.91 Å². The van der Waals surface area contributed by atoms with Crippen LogP contribution in [-0.4, -0.2) is 49.4 Å². The number of nitrogens with zero attached hydrogens (tertiary/aromatic N) is 4. The van der Waals surface area contributed by atoms with Gasteiger partial charge in [-0.05, 0) is 48.4 Å². The molecule has 1 aliphatic heterocycles. The number of aryl methyl sites for hydroxylation is 1. The zero-order chi connectivity index (χ0) is 17.3. The number of amides is 1. The van der Waals surface area contributed by atoms with Gasteiger partial charge in [0.1, 0.15) is 17.6 Å². The molecule has 0 saturated carbocycles. The number of aromatic nitrogens is 4. The molecular formula is C14H14FN5O4. The van der Waals surface area contributed by atoms with E-state index in [9.17, 15) is 14.0 Å². The maximum atomic E-state index is 14.0. The molecule has 1 aromatic heterocycles. The van der Waals surface area contributed by atoms with Gasteiger partial charge < -0.3 is 15.2 Å². The van der Waals surface area contributed by atoms with Crippen molar-refractivity contribution in [3.8, 4) is 5.69 Å². The van der Waals surface area contributed by atoms with Crippen LogP contribution in [0.1, 0.15) is 18.7 Å². The van der Waals surface area contributed by atoms with Crippen molar-refractivity contribution in [2.45, 2.75) is 32.0 Å². The van der Waals surface area contributed by atoms with E-state index >= 15 is 0 Å². The highest BCUT2D eigenvalue weighted by Gasteiger charge is 2.34. The molecule has 1 aliphatic rings. The normalized spacial score (nSPS) is 20.1. The SMILES string of the molecule is Cc1nnnn1-c1cc(NC(=O)[C@@H]2CC[C@H](C(=O)O)O2)ccc1F. The number of nitrogens with one attached hydrogen (secondary N) is 1. The van der Waals surface area contributed by atoms with Crippen molar-refractivity contribution < 1.29 is 23.8 Å². The average molecular weight is 335 g/mol. The van der Waals surface area contributed by atoms with Crippen molar-refractivity contribution in [3.63, 3.8) is 0 Å². The van der Waals surface area contributed by atoms with E-state index in [4.69, 9.17) is 9.84 Å². The Morgan fingerprint density at radius 2 is 2.12 bits per heavy atom. The Bertz CT molecular complexity index is 793. The summed E-state index contributed by atoms with van der Waals surface area (Å²) in [6.45, 7) is 1.61. The molecular weight excluding hydrogens is 321 g/mol. The number of carboxylic acid groups (broad SMARTS) is 1. The zero-order valence-corrected chi connectivity index (χ0v) is 12.6. The van der Waals surface area contributed by atoms with Crippen molar-refractivity contribution >= 4 is 17.6 Å². The van der Waals surface area contributed by atoms with E-state index in [1.807, 2.05) is 0 Å². The fourth-order valence-corrected chi connectivity index (χ4v) is 2.44. The number of ether oxygens (including phenoxy) is 1. The number of tetrazole rings is 1. The van der Waals surface area contributed by atoms with Crippen molar-refractivity contribution in [1.29, 1.82) is 0 Å². The van der Waals surface area contributed by atoms with Crippen LogP contribution in [0.25, 0.3) is 5.69 Å². The average Bonchev–Trinajstić information content (AvgIpc) is 3.18. The zero-order valence-electron chi connectivity index (χ0n) is 12.6. The van der Waals surface area contributed by atoms with Crippen LogP contribution in [0, 0.1) is 12.7 Å². The van der Waals surface area contributed by atoms with Crippen LogP contribution in [0.3, 0.4) is 0 Å². The summed E-state index contributed by atoms with van der Waals surface area (Å²) in [4.78, 5) is 23.0. The standard InChI is InChI=1S/C14H14FN5O4/c1-7-17-18-19-20(7)10-6-8(2-3-9(10)15)16-13(21)11-4-5-12(24-11)14(22)23/h2-3,6,11-12H,4-5H2,1H3,(H,16,21)(H,22,23)/t11-,12+/m0/s1. The van der Waals surface area contributed by atoms with E-state index in [2.05, 4.69) is 20.8 Å². The van der Waals surface area contributed by atoms with Crippen LogP contribution in [0.4, 0.5) is 10.1 Å². The molecule has 1 saturated heterocycles. The Balaban J connectivity index is 1.75. The smallest absolute Gasteiger partial charge is 0.332 e. The summed E-state index contributed by atoms with van der Waals surface area (Å²) in [6.07, 6.45) is -1.25. The second kappa shape index (κ2) is 6.32. The quantitative estimate of drug-likeness (QED) is 0.843. The third-order valence-corrected chi connectivity index (χ3v) is 3.65. The van der Waals surface area contributed by atoms with Crippen LogP contribution in [0.2, 0.25) is 0 Å². The Hall–Kier alpha value is -2.88. The van der Waals surface area contributed by atoms with E-state index in [0.29, 0.717) is 17.9 Å². The lowest BCUT2D eigenvalue weighted by molar-refractivity contribution is -0.150. The minimum absolute atomic E-state index is 0.0889. The van der Waals surface area contributed by atoms with Gasteiger partial charge in [0.2, 0.25) is 0 Å².